The van der Waals surface area contributed by atoms with Gasteiger partial charge in [0.05, 0.1) is 6.54 Å². The van der Waals surface area contributed by atoms with Gasteiger partial charge < -0.3 is 14.6 Å². The molecule has 3 aromatic carbocycles. The lowest BCUT2D eigenvalue weighted by atomic mass is 9.95. The van der Waals surface area contributed by atoms with Crippen LogP contribution in [0.3, 0.4) is 0 Å². The van der Waals surface area contributed by atoms with Crippen LogP contribution in [0.4, 0.5) is 0 Å². The van der Waals surface area contributed by atoms with Crippen molar-refractivity contribution < 1.29 is 19.4 Å². The topological polar surface area (TPSA) is 77.8 Å². The molecule has 0 radical (unpaired) electrons. The second-order valence-electron chi connectivity index (χ2n) is 7.52. The summed E-state index contributed by atoms with van der Waals surface area (Å²) in [5, 5.41) is 11.3. The minimum absolute atomic E-state index is 0.0352. The number of nitrogens with zero attached hydrogens (tertiary/aromatic N) is 1. The molecule has 2 heterocycles. The standard InChI is InChI=1S/C25H19NO5/c1-15-7-9-18-19(11-15)22(17-5-3-2-4-6-17)23(25(28)29)26(24(18)27)13-16-8-10-20-21(12-16)31-14-30-20/h2-12H,13-14H2,1H3,(H,28,29). The molecule has 31 heavy (non-hydrogen) atoms. The third-order valence-electron chi connectivity index (χ3n) is 5.47. The second kappa shape index (κ2) is 7.32. The van der Waals surface area contributed by atoms with Gasteiger partial charge in [-0.2, -0.15) is 0 Å². The normalized spacial score (nSPS) is 12.3. The van der Waals surface area contributed by atoms with Crippen molar-refractivity contribution >= 4 is 16.7 Å². The Kier molecular flexibility index (Phi) is 4.47. The number of carboxylic acid groups (broad SMARTS) is 1. The summed E-state index contributed by atoms with van der Waals surface area (Å²) in [6.45, 7) is 2.17. The highest BCUT2D eigenvalue weighted by Gasteiger charge is 2.24. The van der Waals surface area contributed by atoms with Crippen molar-refractivity contribution in [1.82, 2.24) is 4.57 Å². The molecule has 0 fully saturated rings. The third-order valence-corrected chi connectivity index (χ3v) is 5.47. The van der Waals surface area contributed by atoms with E-state index in [1.54, 1.807) is 18.2 Å². The Labute approximate surface area is 177 Å². The maximum absolute atomic E-state index is 13.4. The van der Waals surface area contributed by atoms with Gasteiger partial charge in [-0.3, -0.25) is 9.36 Å². The quantitative estimate of drug-likeness (QED) is 0.535. The Morgan fingerprint density at radius 1 is 0.968 bits per heavy atom. The van der Waals surface area contributed by atoms with E-state index in [1.807, 2.05) is 55.5 Å². The highest BCUT2D eigenvalue weighted by molar-refractivity contribution is 6.06. The van der Waals surface area contributed by atoms with Crippen molar-refractivity contribution in [3.05, 3.63) is 93.9 Å². The zero-order chi connectivity index (χ0) is 21.5. The zero-order valence-corrected chi connectivity index (χ0v) is 16.8. The number of rotatable bonds is 4. The van der Waals surface area contributed by atoms with Crippen molar-refractivity contribution in [2.45, 2.75) is 13.5 Å². The first kappa shape index (κ1) is 18.9. The number of carbonyl (C=O) groups is 1. The Balaban J connectivity index is 1.81. The molecule has 0 saturated carbocycles. The van der Waals surface area contributed by atoms with E-state index in [0.29, 0.717) is 27.8 Å². The summed E-state index contributed by atoms with van der Waals surface area (Å²) in [7, 11) is 0. The van der Waals surface area contributed by atoms with Gasteiger partial charge in [0, 0.05) is 10.9 Å². The first-order chi connectivity index (χ1) is 15.0. The summed E-state index contributed by atoms with van der Waals surface area (Å²) < 4.78 is 12.1. The van der Waals surface area contributed by atoms with E-state index in [1.165, 1.54) is 4.57 Å². The number of pyridine rings is 1. The van der Waals surface area contributed by atoms with E-state index in [2.05, 4.69) is 0 Å². The number of carboxylic acids is 1. The van der Waals surface area contributed by atoms with Crippen molar-refractivity contribution in [3.8, 4) is 22.6 Å². The van der Waals surface area contributed by atoms with Crippen molar-refractivity contribution in [2.75, 3.05) is 6.79 Å². The number of fused-ring (bicyclic) bond motifs is 2. The first-order valence-corrected chi connectivity index (χ1v) is 9.87. The minimum Gasteiger partial charge on any atom is -0.477 e. The summed E-state index contributed by atoms with van der Waals surface area (Å²) in [6.07, 6.45) is 0. The van der Waals surface area contributed by atoms with E-state index >= 15 is 0 Å². The van der Waals surface area contributed by atoms with Crippen LogP contribution < -0.4 is 15.0 Å². The average Bonchev–Trinajstić information content (AvgIpc) is 3.23. The molecule has 0 atom stereocenters. The molecule has 1 aliphatic heterocycles. The Morgan fingerprint density at radius 2 is 1.74 bits per heavy atom. The van der Waals surface area contributed by atoms with Crippen LogP contribution >= 0.6 is 0 Å². The molecular formula is C25H19NO5. The fourth-order valence-electron chi connectivity index (χ4n) is 4.05. The zero-order valence-electron chi connectivity index (χ0n) is 16.8. The lowest BCUT2D eigenvalue weighted by Gasteiger charge is -2.18. The molecule has 0 saturated heterocycles. The van der Waals surface area contributed by atoms with Crippen LogP contribution in [0, 0.1) is 6.92 Å². The SMILES string of the molecule is Cc1ccc2c(=O)n(Cc3ccc4c(c3)OCO4)c(C(=O)O)c(-c3ccccc3)c2c1. The molecule has 0 spiro atoms. The number of hydrogen-bond donors (Lipinski definition) is 1. The first-order valence-electron chi connectivity index (χ1n) is 9.87. The molecule has 5 rings (SSSR count). The van der Waals surface area contributed by atoms with Crippen molar-refractivity contribution in [3.63, 3.8) is 0 Å². The molecule has 6 nitrogen and oxygen atoms in total. The summed E-state index contributed by atoms with van der Waals surface area (Å²) in [5.41, 5.74) is 2.60. The van der Waals surface area contributed by atoms with Crippen LogP contribution in [0.15, 0.2) is 71.5 Å². The second-order valence-corrected chi connectivity index (χ2v) is 7.52. The highest BCUT2D eigenvalue weighted by atomic mass is 16.7. The van der Waals surface area contributed by atoms with Crippen LogP contribution in [0.2, 0.25) is 0 Å². The smallest absolute Gasteiger partial charge is 0.353 e. The van der Waals surface area contributed by atoms with Crippen molar-refractivity contribution in [1.29, 1.82) is 0 Å². The van der Waals surface area contributed by atoms with Gasteiger partial charge in [0.25, 0.3) is 5.56 Å². The number of aryl methyl sites for hydroxylation is 1. The predicted octanol–water partition coefficient (Wildman–Crippen LogP) is 4.45. The van der Waals surface area contributed by atoms with Gasteiger partial charge in [-0.05, 0) is 41.6 Å². The molecule has 4 aromatic rings. The molecule has 1 aliphatic rings. The predicted molar refractivity (Wildman–Crippen MR) is 117 cm³/mol. The summed E-state index contributed by atoms with van der Waals surface area (Å²) >= 11 is 0. The number of aromatic nitrogens is 1. The minimum atomic E-state index is -1.15. The van der Waals surface area contributed by atoms with E-state index in [9.17, 15) is 14.7 Å². The average molecular weight is 413 g/mol. The lowest BCUT2D eigenvalue weighted by molar-refractivity contribution is 0.0685. The number of benzene rings is 3. The van der Waals surface area contributed by atoms with E-state index in [-0.39, 0.29) is 24.6 Å². The number of hydrogen-bond acceptors (Lipinski definition) is 4. The van der Waals surface area contributed by atoms with Crippen LogP contribution in [0.25, 0.3) is 21.9 Å². The van der Waals surface area contributed by atoms with Crippen molar-refractivity contribution in [2.24, 2.45) is 0 Å². The third kappa shape index (κ3) is 3.22. The van der Waals surface area contributed by atoms with Crippen LogP contribution in [0.1, 0.15) is 21.6 Å². The highest BCUT2D eigenvalue weighted by Crippen LogP contribution is 2.34. The fraction of sp³-hybridized carbons (Fsp3) is 0.120. The van der Waals surface area contributed by atoms with E-state index in [0.717, 1.165) is 16.7 Å². The summed E-state index contributed by atoms with van der Waals surface area (Å²) in [5.74, 6) is 0.0655. The summed E-state index contributed by atoms with van der Waals surface area (Å²) in [6, 6.07) is 20.2. The molecule has 1 N–H and O–H groups in total. The monoisotopic (exact) mass is 413 g/mol. The molecule has 6 heteroatoms. The molecule has 0 amide bonds. The van der Waals surface area contributed by atoms with Gasteiger partial charge in [0.1, 0.15) is 5.69 Å². The van der Waals surface area contributed by atoms with Gasteiger partial charge in [0.2, 0.25) is 6.79 Å². The molecular weight excluding hydrogens is 394 g/mol. The molecule has 154 valence electrons. The summed E-state index contributed by atoms with van der Waals surface area (Å²) in [4.78, 5) is 25.9. The van der Waals surface area contributed by atoms with Crippen LogP contribution in [0.5, 0.6) is 11.5 Å². The maximum atomic E-state index is 13.4. The lowest BCUT2D eigenvalue weighted by Crippen LogP contribution is -2.28. The van der Waals surface area contributed by atoms with Gasteiger partial charge in [-0.1, -0.05) is 54.1 Å². The number of aromatic carboxylic acids is 1. The maximum Gasteiger partial charge on any atom is 0.353 e. The molecule has 1 aromatic heterocycles. The van der Waals surface area contributed by atoms with Crippen LogP contribution in [-0.2, 0) is 6.54 Å². The molecule has 0 aliphatic carbocycles. The largest absolute Gasteiger partial charge is 0.477 e. The number of ether oxygens (including phenoxy) is 2. The van der Waals surface area contributed by atoms with Crippen LogP contribution in [-0.4, -0.2) is 22.4 Å². The van der Waals surface area contributed by atoms with Gasteiger partial charge in [0.15, 0.2) is 11.5 Å². The van der Waals surface area contributed by atoms with Gasteiger partial charge in [-0.25, -0.2) is 4.79 Å². The Hall–Kier alpha value is -4.06. The molecule has 0 unspecified atom stereocenters. The van der Waals surface area contributed by atoms with E-state index in [4.69, 9.17) is 9.47 Å². The van der Waals surface area contributed by atoms with E-state index < -0.39 is 5.97 Å². The van der Waals surface area contributed by atoms with Gasteiger partial charge >= 0.3 is 5.97 Å². The van der Waals surface area contributed by atoms with Gasteiger partial charge in [-0.15, -0.1) is 0 Å². The molecule has 0 bridgehead atoms. The fourth-order valence-corrected chi connectivity index (χ4v) is 4.05. The Morgan fingerprint density at radius 3 is 2.52 bits per heavy atom. The Bertz CT molecular complexity index is 1390.